The fourth-order valence-corrected chi connectivity index (χ4v) is 2.54. The molecule has 0 aromatic heterocycles. The maximum absolute atomic E-state index is 12.0. The van der Waals surface area contributed by atoms with Crippen LogP contribution in [0.4, 0.5) is 0 Å². The molecular formula is C13H24N2O. The Balaban J connectivity index is 1.83. The molecule has 1 heterocycles. The van der Waals surface area contributed by atoms with E-state index in [4.69, 9.17) is 0 Å². The zero-order valence-electron chi connectivity index (χ0n) is 10.4. The van der Waals surface area contributed by atoms with Gasteiger partial charge < -0.3 is 10.2 Å². The molecule has 0 aromatic carbocycles. The van der Waals surface area contributed by atoms with Crippen molar-refractivity contribution < 1.29 is 4.79 Å². The van der Waals surface area contributed by atoms with E-state index in [1.807, 2.05) is 0 Å². The van der Waals surface area contributed by atoms with E-state index >= 15 is 0 Å². The fraction of sp³-hybridized carbons (Fsp3) is 0.923. The van der Waals surface area contributed by atoms with Crippen molar-refractivity contribution in [3.05, 3.63) is 0 Å². The zero-order chi connectivity index (χ0) is 11.4. The van der Waals surface area contributed by atoms with Gasteiger partial charge in [0, 0.05) is 19.0 Å². The summed E-state index contributed by atoms with van der Waals surface area (Å²) in [5, 5.41) is 3.38. The summed E-state index contributed by atoms with van der Waals surface area (Å²) in [6.45, 7) is 5.37. The topological polar surface area (TPSA) is 32.3 Å². The summed E-state index contributed by atoms with van der Waals surface area (Å²) in [5.74, 6) is 1.13. The summed E-state index contributed by atoms with van der Waals surface area (Å²) in [5.41, 5.74) is 0. The Hall–Kier alpha value is -0.570. The number of nitrogens with zero attached hydrogens (tertiary/aromatic N) is 1. The Bertz CT molecular complexity index is 232. The molecule has 2 rings (SSSR count). The highest BCUT2D eigenvalue weighted by Crippen LogP contribution is 2.29. The number of carbonyl (C=O) groups excluding carboxylic acids is 1. The Morgan fingerprint density at radius 2 is 1.94 bits per heavy atom. The monoisotopic (exact) mass is 224 g/mol. The van der Waals surface area contributed by atoms with Gasteiger partial charge in [-0.2, -0.15) is 0 Å². The number of amides is 1. The second-order valence-corrected chi connectivity index (χ2v) is 5.22. The quantitative estimate of drug-likeness (QED) is 0.772. The van der Waals surface area contributed by atoms with Crippen molar-refractivity contribution in [3.8, 4) is 0 Å². The first-order valence-electron chi connectivity index (χ1n) is 6.81. The fourth-order valence-electron chi connectivity index (χ4n) is 2.54. The highest BCUT2D eigenvalue weighted by atomic mass is 16.2. The predicted molar refractivity (Wildman–Crippen MR) is 65.2 cm³/mol. The second kappa shape index (κ2) is 5.67. The molecule has 0 radical (unpaired) electrons. The van der Waals surface area contributed by atoms with Crippen LogP contribution in [0, 0.1) is 5.92 Å². The van der Waals surface area contributed by atoms with Crippen LogP contribution >= 0.6 is 0 Å². The van der Waals surface area contributed by atoms with E-state index in [1.54, 1.807) is 0 Å². The maximum atomic E-state index is 12.0. The van der Waals surface area contributed by atoms with Crippen LogP contribution in [-0.4, -0.2) is 36.5 Å². The lowest BCUT2D eigenvalue weighted by atomic mass is 9.97. The molecule has 1 saturated heterocycles. The standard InChI is InChI=1S/C13H24N2O/c1-2-3-13(16)15(12-4-5-12)10-11-6-8-14-9-7-11/h11-12,14H,2-10H2,1H3. The van der Waals surface area contributed by atoms with E-state index in [2.05, 4.69) is 17.1 Å². The van der Waals surface area contributed by atoms with Crippen molar-refractivity contribution in [1.29, 1.82) is 0 Å². The minimum atomic E-state index is 0.392. The Kier molecular flexibility index (Phi) is 4.22. The normalized spacial score (nSPS) is 22.1. The van der Waals surface area contributed by atoms with Crippen molar-refractivity contribution >= 4 is 5.91 Å². The molecule has 0 bridgehead atoms. The Morgan fingerprint density at radius 3 is 2.50 bits per heavy atom. The SMILES string of the molecule is CCCC(=O)N(CC1CCNCC1)C1CC1. The minimum absolute atomic E-state index is 0.392. The van der Waals surface area contributed by atoms with Gasteiger partial charge in [0.05, 0.1) is 0 Å². The van der Waals surface area contributed by atoms with Crippen molar-refractivity contribution in [3.63, 3.8) is 0 Å². The van der Waals surface area contributed by atoms with E-state index in [1.165, 1.54) is 25.7 Å². The molecule has 1 aliphatic carbocycles. The molecule has 92 valence electrons. The van der Waals surface area contributed by atoms with Crippen LogP contribution in [0.2, 0.25) is 0 Å². The van der Waals surface area contributed by atoms with Gasteiger partial charge in [-0.1, -0.05) is 6.92 Å². The number of hydrogen-bond acceptors (Lipinski definition) is 2. The van der Waals surface area contributed by atoms with Crippen molar-refractivity contribution in [1.82, 2.24) is 10.2 Å². The van der Waals surface area contributed by atoms with Crippen LogP contribution < -0.4 is 5.32 Å². The van der Waals surface area contributed by atoms with E-state index < -0.39 is 0 Å². The van der Waals surface area contributed by atoms with Crippen LogP contribution in [0.3, 0.4) is 0 Å². The van der Waals surface area contributed by atoms with Crippen molar-refractivity contribution in [2.45, 2.75) is 51.5 Å². The van der Waals surface area contributed by atoms with Crippen LogP contribution in [0.5, 0.6) is 0 Å². The number of hydrogen-bond donors (Lipinski definition) is 1. The van der Waals surface area contributed by atoms with Gasteiger partial charge in [0.2, 0.25) is 5.91 Å². The molecule has 0 atom stereocenters. The molecule has 1 aliphatic heterocycles. The van der Waals surface area contributed by atoms with Gasteiger partial charge in [-0.3, -0.25) is 4.79 Å². The third-order valence-corrected chi connectivity index (χ3v) is 3.69. The lowest BCUT2D eigenvalue weighted by Crippen LogP contribution is -2.40. The summed E-state index contributed by atoms with van der Waals surface area (Å²) in [7, 11) is 0. The van der Waals surface area contributed by atoms with Crippen LogP contribution in [0.25, 0.3) is 0 Å². The van der Waals surface area contributed by atoms with Gasteiger partial charge in [0.1, 0.15) is 0 Å². The number of rotatable bonds is 5. The summed E-state index contributed by atoms with van der Waals surface area (Å²) in [4.78, 5) is 14.2. The maximum Gasteiger partial charge on any atom is 0.222 e. The highest BCUT2D eigenvalue weighted by Gasteiger charge is 2.33. The zero-order valence-corrected chi connectivity index (χ0v) is 10.4. The van der Waals surface area contributed by atoms with Crippen LogP contribution in [0.15, 0.2) is 0 Å². The number of nitrogens with one attached hydrogen (secondary N) is 1. The van der Waals surface area contributed by atoms with Gasteiger partial charge in [-0.15, -0.1) is 0 Å². The molecule has 1 amide bonds. The summed E-state index contributed by atoms with van der Waals surface area (Å²) in [6.07, 6.45) is 6.67. The second-order valence-electron chi connectivity index (χ2n) is 5.22. The first kappa shape index (κ1) is 11.9. The smallest absolute Gasteiger partial charge is 0.222 e. The molecule has 16 heavy (non-hydrogen) atoms. The highest BCUT2D eigenvalue weighted by molar-refractivity contribution is 5.76. The van der Waals surface area contributed by atoms with Gasteiger partial charge in [-0.25, -0.2) is 0 Å². The van der Waals surface area contributed by atoms with Gasteiger partial charge in [-0.05, 0) is 51.1 Å². The number of piperidine rings is 1. The Labute approximate surface area is 98.6 Å². The van der Waals surface area contributed by atoms with Crippen molar-refractivity contribution in [2.24, 2.45) is 5.92 Å². The molecule has 2 aliphatic rings. The average Bonchev–Trinajstić information content (AvgIpc) is 3.11. The molecule has 0 spiro atoms. The lowest BCUT2D eigenvalue weighted by molar-refractivity contribution is -0.132. The van der Waals surface area contributed by atoms with E-state index in [9.17, 15) is 4.79 Å². The van der Waals surface area contributed by atoms with E-state index in [0.717, 1.165) is 38.4 Å². The van der Waals surface area contributed by atoms with Gasteiger partial charge >= 0.3 is 0 Å². The molecule has 3 nitrogen and oxygen atoms in total. The lowest BCUT2D eigenvalue weighted by Gasteiger charge is -2.30. The molecule has 0 unspecified atom stereocenters. The van der Waals surface area contributed by atoms with Crippen LogP contribution in [0.1, 0.15) is 45.4 Å². The molecule has 0 aromatic rings. The molecule has 3 heteroatoms. The van der Waals surface area contributed by atoms with Gasteiger partial charge in [0.15, 0.2) is 0 Å². The predicted octanol–water partition coefficient (Wildman–Crippen LogP) is 1.78. The first-order valence-corrected chi connectivity index (χ1v) is 6.81. The molecule has 1 saturated carbocycles. The first-order chi connectivity index (χ1) is 7.81. The third kappa shape index (κ3) is 3.21. The summed E-state index contributed by atoms with van der Waals surface area (Å²) >= 11 is 0. The molecule has 2 fully saturated rings. The van der Waals surface area contributed by atoms with E-state index in [0.29, 0.717) is 11.9 Å². The van der Waals surface area contributed by atoms with Gasteiger partial charge in [0.25, 0.3) is 0 Å². The van der Waals surface area contributed by atoms with Crippen LogP contribution in [-0.2, 0) is 4.79 Å². The van der Waals surface area contributed by atoms with Crippen molar-refractivity contribution in [2.75, 3.05) is 19.6 Å². The molecular weight excluding hydrogens is 200 g/mol. The van der Waals surface area contributed by atoms with E-state index in [-0.39, 0.29) is 0 Å². The minimum Gasteiger partial charge on any atom is -0.339 e. The Morgan fingerprint density at radius 1 is 1.25 bits per heavy atom. The largest absolute Gasteiger partial charge is 0.339 e. The average molecular weight is 224 g/mol. The third-order valence-electron chi connectivity index (χ3n) is 3.69. The summed E-state index contributed by atoms with van der Waals surface area (Å²) < 4.78 is 0. The molecule has 1 N–H and O–H groups in total. The number of carbonyl (C=O) groups is 1. The summed E-state index contributed by atoms with van der Waals surface area (Å²) in [6, 6.07) is 0.592.